The first-order chi connectivity index (χ1) is 14.4. The van der Waals surface area contributed by atoms with E-state index in [0.717, 1.165) is 29.6 Å². The number of imidazole rings is 1. The van der Waals surface area contributed by atoms with Crippen LogP contribution in [0.4, 0.5) is 10.2 Å². The van der Waals surface area contributed by atoms with Gasteiger partial charge in [0.25, 0.3) is 0 Å². The van der Waals surface area contributed by atoms with E-state index in [1.54, 1.807) is 11.1 Å². The molecule has 0 amide bonds. The number of aromatic carboxylic acids is 1. The van der Waals surface area contributed by atoms with Gasteiger partial charge in [0, 0.05) is 50.3 Å². The summed E-state index contributed by atoms with van der Waals surface area (Å²) in [4.78, 5) is 38.6. The first-order valence-electron chi connectivity index (χ1n) is 8.92. The summed E-state index contributed by atoms with van der Waals surface area (Å²) in [5, 5.41) is 9.56. The molecular weight excluding hydrogens is 413 g/mol. The first-order valence-corrected chi connectivity index (χ1v) is 9.69. The largest absolute Gasteiger partial charge is 0.477 e. The molecule has 152 valence electrons. The molecule has 1 N–H and O–H groups in total. The average Bonchev–Trinajstić information content (AvgIpc) is 3.34. The van der Waals surface area contributed by atoms with Gasteiger partial charge in [-0.3, -0.25) is 9.36 Å². The molecule has 1 saturated heterocycles. The molecule has 0 atom stereocenters. The molecule has 4 aromatic rings. The van der Waals surface area contributed by atoms with Crippen molar-refractivity contribution in [3.63, 3.8) is 0 Å². The van der Waals surface area contributed by atoms with Crippen LogP contribution in [0.3, 0.4) is 0 Å². The fraction of sp³-hybridized carbons (Fsp3) is 0.222. The summed E-state index contributed by atoms with van der Waals surface area (Å²) in [6, 6.07) is 1.04. The molecule has 12 heteroatoms. The summed E-state index contributed by atoms with van der Waals surface area (Å²) in [5.74, 6) is -0.964. The van der Waals surface area contributed by atoms with Crippen LogP contribution in [-0.4, -0.2) is 52.6 Å². The van der Waals surface area contributed by atoms with Gasteiger partial charge in [-0.25, -0.2) is 24.1 Å². The number of pyridine rings is 2. The maximum absolute atomic E-state index is 14.9. The van der Waals surface area contributed by atoms with Crippen LogP contribution in [0.1, 0.15) is 22.1 Å². The van der Waals surface area contributed by atoms with E-state index in [1.165, 1.54) is 10.9 Å². The van der Waals surface area contributed by atoms with E-state index in [-0.39, 0.29) is 22.8 Å². The lowest BCUT2D eigenvalue weighted by atomic mass is 9.99. The third-order valence-electron chi connectivity index (χ3n) is 5.10. The lowest BCUT2D eigenvalue weighted by molar-refractivity contribution is 0.0695. The molecular formula is C18H14FN7O3S. The number of rotatable bonds is 4. The van der Waals surface area contributed by atoms with Gasteiger partial charge in [0.2, 0.25) is 10.6 Å². The van der Waals surface area contributed by atoms with Crippen molar-refractivity contribution in [2.45, 2.75) is 5.92 Å². The molecule has 0 unspecified atom stereocenters. The number of carbonyl (C=O) groups is 1. The standard InChI is InChI=1S/C18H14FN7O3S/c1-24-3-2-20-14(24)9-5-25(6-9)16-12(19)4-10-13(27)11(17(28)29)7-26(15(10)23-16)18-21-8-22-30-18/h2-4,7-9H,5-6H2,1H3,(H,28,29). The second-order valence-corrected chi connectivity index (χ2v) is 7.69. The molecule has 0 aromatic carbocycles. The zero-order chi connectivity index (χ0) is 21.0. The van der Waals surface area contributed by atoms with Gasteiger partial charge in [-0.2, -0.15) is 4.37 Å². The maximum Gasteiger partial charge on any atom is 0.341 e. The molecule has 1 fully saturated rings. The first kappa shape index (κ1) is 18.4. The molecule has 0 spiro atoms. The number of halogens is 1. The van der Waals surface area contributed by atoms with Crippen molar-refractivity contribution in [2.75, 3.05) is 18.0 Å². The van der Waals surface area contributed by atoms with Gasteiger partial charge in [0.05, 0.1) is 11.3 Å². The Balaban J connectivity index is 1.62. The number of carboxylic acids is 1. The zero-order valence-electron chi connectivity index (χ0n) is 15.6. The number of nitrogens with zero attached hydrogens (tertiary/aromatic N) is 7. The molecule has 0 bridgehead atoms. The summed E-state index contributed by atoms with van der Waals surface area (Å²) >= 11 is 1.00. The quantitative estimate of drug-likeness (QED) is 0.519. The van der Waals surface area contributed by atoms with Crippen molar-refractivity contribution in [1.29, 1.82) is 0 Å². The van der Waals surface area contributed by atoms with Gasteiger partial charge in [-0.15, -0.1) is 0 Å². The van der Waals surface area contributed by atoms with E-state index in [4.69, 9.17) is 0 Å². The van der Waals surface area contributed by atoms with Crippen LogP contribution in [0.25, 0.3) is 16.2 Å². The summed E-state index contributed by atoms with van der Waals surface area (Å²) in [5.41, 5.74) is -1.17. The fourth-order valence-corrected chi connectivity index (χ4v) is 4.10. The van der Waals surface area contributed by atoms with Gasteiger partial charge in [-0.05, 0) is 6.07 Å². The minimum atomic E-state index is -1.41. The highest BCUT2D eigenvalue weighted by Crippen LogP contribution is 2.32. The van der Waals surface area contributed by atoms with Crippen LogP contribution in [0.5, 0.6) is 0 Å². The minimum Gasteiger partial charge on any atom is -0.477 e. The van der Waals surface area contributed by atoms with Crippen molar-refractivity contribution >= 4 is 34.4 Å². The number of anilines is 1. The van der Waals surface area contributed by atoms with Crippen molar-refractivity contribution in [1.82, 2.24) is 28.5 Å². The molecule has 5 heterocycles. The normalized spacial score (nSPS) is 14.3. The van der Waals surface area contributed by atoms with Gasteiger partial charge < -0.3 is 14.6 Å². The lowest BCUT2D eigenvalue weighted by Gasteiger charge is -2.39. The average molecular weight is 427 g/mol. The Morgan fingerprint density at radius 1 is 1.33 bits per heavy atom. The SMILES string of the molecule is Cn1ccnc1C1CN(c2nc3c(cc2F)c(=O)c(C(=O)O)cn3-c2ncns2)C1. The predicted molar refractivity (Wildman–Crippen MR) is 106 cm³/mol. The third-order valence-corrected chi connectivity index (χ3v) is 5.77. The van der Waals surface area contributed by atoms with Gasteiger partial charge in [-0.1, -0.05) is 0 Å². The minimum absolute atomic E-state index is 0.0914. The molecule has 1 aliphatic heterocycles. The van der Waals surface area contributed by atoms with E-state index in [2.05, 4.69) is 19.3 Å². The van der Waals surface area contributed by atoms with Crippen LogP contribution >= 0.6 is 11.5 Å². The Bertz CT molecular complexity index is 1340. The van der Waals surface area contributed by atoms with Crippen molar-refractivity contribution in [3.8, 4) is 5.13 Å². The van der Waals surface area contributed by atoms with E-state index >= 15 is 0 Å². The van der Waals surface area contributed by atoms with Crippen LogP contribution in [-0.2, 0) is 7.05 Å². The second-order valence-electron chi connectivity index (χ2n) is 6.93. The summed E-state index contributed by atoms with van der Waals surface area (Å²) < 4.78 is 22.1. The summed E-state index contributed by atoms with van der Waals surface area (Å²) in [6.07, 6.45) is 6.03. The van der Waals surface area contributed by atoms with Gasteiger partial charge >= 0.3 is 5.97 Å². The monoisotopic (exact) mass is 427 g/mol. The topological polar surface area (TPSA) is 119 Å². The highest BCUT2D eigenvalue weighted by Gasteiger charge is 2.34. The van der Waals surface area contributed by atoms with Crippen molar-refractivity contribution in [3.05, 3.63) is 58.4 Å². The predicted octanol–water partition coefficient (Wildman–Crippen LogP) is 1.41. The van der Waals surface area contributed by atoms with E-state index in [0.29, 0.717) is 18.2 Å². The number of carboxylic acid groups (broad SMARTS) is 1. The van der Waals surface area contributed by atoms with Crippen LogP contribution in [0.15, 0.2) is 35.8 Å². The second kappa shape index (κ2) is 6.69. The van der Waals surface area contributed by atoms with Crippen LogP contribution < -0.4 is 10.3 Å². The number of aryl methyl sites for hydroxylation is 1. The van der Waals surface area contributed by atoms with Crippen LogP contribution in [0.2, 0.25) is 0 Å². The Kier molecular flexibility index (Phi) is 4.10. The molecule has 0 aliphatic carbocycles. The molecule has 10 nitrogen and oxygen atoms in total. The number of aromatic nitrogens is 6. The number of hydrogen-bond donors (Lipinski definition) is 1. The lowest BCUT2D eigenvalue weighted by Crippen LogP contribution is -2.47. The smallest absolute Gasteiger partial charge is 0.341 e. The van der Waals surface area contributed by atoms with E-state index < -0.39 is 22.8 Å². The Morgan fingerprint density at radius 3 is 2.77 bits per heavy atom. The number of fused-ring (bicyclic) bond motifs is 1. The van der Waals surface area contributed by atoms with Gasteiger partial charge in [0.1, 0.15) is 17.7 Å². The van der Waals surface area contributed by atoms with Crippen molar-refractivity contribution < 1.29 is 14.3 Å². The molecule has 0 radical (unpaired) electrons. The highest BCUT2D eigenvalue weighted by molar-refractivity contribution is 7.08. The van der Waals surface area contributed by atoms with Crippen LogP contribution in [0, 0.1) is 5.82 Å². The van der Waals surface area contributed by atoms with Gasteiger partial charge in [0.15, 0.2) is 17.3 Å². The maximum atomic E-state index is 14.9. The highest BCUT2D eigenvalue weighted by atomic mass is 32.1. The van der Waals surface area contributed by atoms with Crippen molar-refractivity contribution in [2.24, 2.45) is 7.05 Å². The third kappa shape index (κ3) is 2.76. The van der Waals surface area contributed by atoms with E-state index in [9.17, 15) is 19.1 Å². The number of hydrogen-bond acceptors (Lipinski definition) is 8. The Hall–Kier alpha value is -3.67. The fourth-order valence-electron chi connectivity index (χ4n) is 3.59. The zero-order valence-corrected chi connectivity index (χ0v) is 16.4. The molecule has 1 aliphatic rings. The summed E-state index contributed by atoms with van der Waals surface area (Å²) in [7, 11) is 1.90. The Labute approximate surface area is 172 Å². The summed E-state index contributed by atoms with van der Waals surface area (Å²) in [6.45, 7) is 1.05. The Morgan fingerprint density at radius 2 is 2.13 bits per heavy atom. The van der Waals surface area contributed by atoms with E-state index in [1.807, 2.05) is 17.8 Å². The molecule has 0 saturated carbocycles. The molecule has 30 heavy (non-hydrogen) atoms. The molecule has 5 rings (SSSR count). The molecule has 4 aromatic heterocycles.